The van der Waals surface area contributed by atoms with E-state index < -0.39 is 41.5 Å². The molecular weight excluding hydrogens is 299 g/mol. The average molecular weight is 317 g/mol. The van der Waals surface area contributed by atoms with Crippen LogP contribution in [0.1, 0.15) is 41.6 Å². The van der Waals surface area contributed by atoms with Crippen LogP contribution in [0.2, 0.25) is 0 Å². The van der Waals surface area contributed by atoms with E-state index in [0.29, 0.717) is 25.7 Å². The third-order valence-corrected chi connectivity index (χ3v) is 3.87. The van der Waals surface area contributed by atoms with Gasteiger partial charge in [-0.15, -0.1) is 0 Å². The maximum atomic E-state index is 12.9. The van der Waals surface area contributed by atoms with E-state index in [0.717, 1.165) is 12.1 Å². The predicted octanol–water partition coefficient (Wildman–Crippen LogP) is 2.10. The second kappa shape index (κ2) is 6.66. The van der Waals surface area contributed by atoms with Gasteiger partial charge in [-0.2, -0.15) is 13.2 Å². The summed E-state index contributed by atoms with van der Waals surface area (Å²) in [5, 5.41) is 22.1. The van der Waals surface area contributed by atoms with Gasteiger partial charge in [-0.3, -0.25) is 4.79 Å². The van der Waals surface area contributed by atoms with Crippen molar-refractivity contribution in [2.75, 3.05) is 0 Å². The van der Waals surface area contributed by atoms with Crippen LogP contribution in [-0.4, -0.2) is 34.4 Å². The summed E-state index contributed by atoms with van der Waals surface area (Å²) in [5.74, 6) is -0.897. The van der Waals surface area contributed by atoms with Crippen LogP contribution >= 0.6 is 0 Å². The maximum absolute atomic E-state index is 12.9. The first-order valence-corrected chi connectivity index (χ1v) is 7.14. The summed E-state index contributed by atoms with van der Waals surface area (Å²) in [6.07, 6.45) is -4.58. The fourth-order valence-electron chi connectivity index (χ4n) is 2.66. The van der Waals surface area contributed by atoms with E-state index in [2.05, 4.69) is 5.32 Å². The molecule has 0 heterocycles. The zero-order chi connectivity index (χ0) is 16.3. The number of carbonyl (C=O) groups is 1. The summed E-state index contributed by atoms with van der Waals surface area (Å²) in [6, 6.07) is 3.74. The third-order valence-electron chi connectivity index (χ3n) is 3.87. The Kier molecular flexibility index (Phi) is 5.08. The van der Waals surface area contributed by atoms with Crippen LogP contribution in [0, 0.1) is 0 Å². The second-order valence-electron chi connectivity index (χ2n) is 5.47. The third kappa shape index (κ3) is 3.78. The van der Waals surface area contributed by atoms with Crippen molar-refractivity contribution >= 4 is 5.91 Å². The van der Waals surface area contributed by atoms with E-state index in [4.69, 9.17) is 0 Å². The largest absolute Gasteiger partial charge is 0.417 e. The Bertz CT molecular complexity index is 533. The van der Waals surface area contributed by atoms with Gasteiger partial charge in [0, 0.05) is 0 Å². The molecule has 1 aliphatic rings. The standard InChI is InChI=1S/C15H18F3NO3/c16-15(17,18)10-6-2-1-5-9(10)14(22)19-11-7-3-4-8-12(20)13(11)21/h1-2,5-6,11-13,20-21H,3-4,7-8H2,(H,19,22)/t11-,12-,13-/m1/s1. The molecule has 0 unspecified atom stereocenters. The van der Waals surface area contributed by atoms with Gasteiger partial charge in [0.1, 0.15) is 0 Å². The number of amides is 1. The smallest absolute Gasteiger partial charge is 0.390 e. The Labute approximate surface area is 126 Å². The molecule has 1 aromatic carbocycles. The molecule has 22 heavy (non-hydrogen) atoms. The number of carbonyl (C=O) groups excluding carboxylic acids is 1. The Morgan fingerprint density at radius 2 is 1.77 bits per heavy atom. The van der Waals surface area contributed by atoms with E-state index in [9.17, 15) is 28.2 Å². The highest BCUT2D eigenvalue weighted by molar-refractivity contribution is 5.96. The van der Waals surface area contributed by atoms with Crippen molar-refractivity contribution in [1.82, 2.24) is 5.32 Å². The highest BCUT2D eigenvalue weighted by Crippen LogP contribution is 2.32. The second-order valence-corrected chi connectivity index (χ2v) is 5.47. The molecule has 1 aromatic rings. The molecule has 7 heteroatoms. The lowest BCUT2D eigenvalue weighted by molar-refractivity contribution is -0.137. The number of hydrogen-bond donors (Lipinski definition) is 3. The Morgan fingerprint density at radius 3 is 2.45 bits per heavy atom. The molecule has 2 rings (SSSR count). The van der Waals surface area contributed by atoms with Gasteiger partial charge in [-0.25, -0.2) is 0 Å². The van der Waals surface area contributed by atoms with Gasteiger partial charge in [-0.05, 0) is 25.0 Å². The van der Waals surface area contributed by atoms with Gasteiger partial charge in [0.2, 0.25) is 0 Å². The Balaban J connectivity index is 2.19. The Morgan fingerprint density at radius 1 is 1.14 bits per heavy atom. The van der Waals surface area contributed by atoms with Gasteiger partial charge in [0.05, 0.1) is 29.4 Å². The topological polar surface area (TPSA) is 69.6 Å². The molecule has 1 fully saturated rings. The summed E-state index contributed by atoms with van der Waals surface area (Å²) < 4.78 is 38.8. The van der Waals surface area contributed by atoms with Gasteiger partial charge in [-0.1, -0.05) is 25.0 Å². The van der Waals surface area contributed by atoms with Gasteiger partial charge < -0.3 is 15.5 Å². The zero-order valence-corrected chi connectivity index (χ0v) is 11.8. The van der Waals surface area contributed by atoms with Crippen molar-refractivity contribution in [3.8, 4) is 0 Å². The van der Waals surface area contributed by atoms with Crippen LogP contribution in [0.3, 0.4) is 0 Å². The molecule has 3 atom stereocenters. The normalized spacial score (nSPS) is 26.3. The molecule has 0 saturated heterocycles. The molecule has 0 aliphatic heterocycles. The lowest BCUT2D eigenvalue weighted by atomic mass is 10.0. The SMILES string of the molecule is O=C(N[C@@H]1CCCC[C@@H](O)[C@@H]1O)c1ccccc1C(F)(F)F. The van der Waals surface area contributed by atoms with Crippen molar-refractivity contribution in [2.24, 2.45) is 0 Å². The summed E-state index contributed by atoms with van der Waals surface area (Å²) >= 11 is 0. The van der Waals surface area contributed by atoms with Crippen molar-refractivity contribution in [2.45, 2.75) is 50.1 Å². The number of halogens is 3. The fraction of sp³-hybridized carbons (Fsp3) is 0.533. The number of alkyl halides is 3. The molecule has 0 radical (unpaired) electrons. The number of aliphatic hydroxyl groups excluding tert-OH is 2. The van der Waals surface area contributed by atoms with E-state index in [1.54, 1.807) is 0 Å². The number of aliphatic hydroxyl groups is 2. The lowest BCUT2D eigenvalue weighted by Gasteiger charge is -2.25. The molecule has 0 aromatic heterocycles. The van der Waals surface area contributed by atoms with Crippen LogP contribution in [0.15, 0.2) is 24.3 Å². The van der Waals surface area contributed by atoms with Gasteiger partial charge in [0.15, 0.2) is 0 Å². The summed E-state index contributed by atoms with van der Waals surface area (Å²) in [5.41, 5.74) is -1.50. The van der Waals surface area contributed by atoms with Gasteiger partial charge >= 0.3 is 6.18 Å². The summed E-state index contributed by atoms with van der Waals surface area (Å²) in [6.45, 7) is 0. The van der Waals surface area contributed by atoms with Crippen LogP contribution in [0.5, 0.6) is 0 Å². The number of nitrogens with one attached hydrogen (secondary N) is 1. The molecule has 122 valence electrons. The van der Waals surface area contributed by atoms with E-state index in [1.807, 2.05) is 0 Å². The van der Waals surface area contributed by atoms with Crippen LogP contribution in [-0.2, 0) is 6.18 Å². The predicted molar refractivity (Wildman–Crippen MR) is 73.2 cm³/mol. The zero-order valence-electron chi connectivity index (χ0n) is 11.8. The van der Waals surface area contributed by atoms with Crippen molar-refractivity contribution < 1.29 is 28.2 Å². The van der Waals surface area contributed by atoms with Crippen molar-refractivity contribution in [3.63, 3.8) is 0 Å². The first-order valence-electron chi connectivity index (χ1n) is 7.14. The minimum atomic E-state index is -4.63. The number of benzene rings is 1. The highest BCUT2D eigenvalue weighted by Gasteiger charge is 2.36. The molecule has 1 aliphatic carbocycles. The number of hydrogen-bond acceptors (Lipinski definition) is 3. The van der Waals surface area contributed by atoms with Crippen molar-refractivity contribution in [3.05, 3.63) is 35.4 Å². The molecule has 1 saturated carbocycles. The molecule has 4 nitrogen and oxygen atoms in total. The van der Waals surface area contributed by atoms with Gasteiger partial charge in [0.25, 0.3) is 5.91 Å². The van der Waals surface area contributed by atoms with Crippen molar-refractivity contribution in [1.29, 1.82) is 0 Å². The molecule has 0 spiro atoms. The summed E-state index contributed by atoms with van der Waals surface area (Å²) in [7, 11) is 0. The first-order chi connectivity index (χ1) is 10.3. The Hall–Kier alpha value is -1.60. The lowest BCUT2D eigenvalue weighted by Crippen LogP contribution is -2.47. The molecule has 3 N–H and O–H groups in total. The molecular formula is C15H18F3NO3. The van der Waals surface area contributed by atoms with Crippen LogP contribution in [0.4, 0.5) is 13.2 Å². The number of rotatable bonds is 2. The summed E-state index contributed by atoms with van der Waals surface area (Å²) in [4.78, 5) is 12.1. The van der Waals surface area contributed by atoms with Crippen LogP contribution in [0.25, 0.3) is 0 Å². The monoisotopic (exact) mass is 317 g/mol. The highest BCUT2D eigenvalue weighted by atomic mass is 19.4. The maximum Gasteiger partial charge on any atom is 0.417 e. The fourth-order valence-corrected chi connectivity index (χ4v) is 2.66. The average Bonchev–Trinajstić information content (AvgIpc) is 2.62. The first kappa shape index (κ1) is 16.8. The van der Waals surface area contributed by atoms with E-state index in [1.165, 1.54) is 12.1 Å². The van der Waals surface area contributed by atoms with E-state index in [-0.39, 0.29) is 0 Å². The van der Waals surface area contributed by atoms with E-state index >= 15 is 0 Å². The minimum Gasteiger partial charge on any atom is -0.390 e. The molecule has 0 bridgehead atoms. The quantitative estimate of drug-likeness (QED) is 0.732. The molecule has 1 amide bonds. The minimum absolute atomic E-state index is 0.409. The van der Waals surface area contributed by atoms with Crippen LogP contribution < -0.4 is 5.32 Å².